The zero-order valence-corrected chi connectivity index (χ0v) is 11.6. The molecule has 0 radical (unpaired) electrons. The van der Waals surface area contributed by atoms with E-state index in [1.807, 2.05) is 0 Å². The molecule has 0 unspecified atom stereocenters. The van der Waals surface area contributed by atoms with E-state index in [9.17, 15) is 9.90 Å². The molecule has 108 valence electrons. The Morgan fingerprint density at radius 3 is 2.73 bits per heavy atom. The highest BCUT2D eigenvalue weighted by atomic mass is 16.4. The zero-order valence-electron chi connectivity index (χ0n) is 11.6. The Morgan fingerprint density at radius 1 is 1.32 bits per heavy atom. The molecular weight excluding hydrogens is 282 g/mol. The fourth-order valence-electron chi connectivity index (χ4n) is 2.42. The molecule has 1 aromatic heterocycles. The molecule has 1 heterocycles. The summed E-state index contributed by atoms with van der Waals surface area (Å²) in [5, 5.41) is 23.8. The Hall–Kier alpha value is -3.33. The molecule has 2 aromatic carbocycles. The van der Waals surface area contributed by atoms with E-state index < -0.39 is 5.97 Å². The third-order valence-corrected chi connectivity index (χ3v) is 3.52. The van der Waals surface area contributed by atoms with E-state index in [0.717, 1.165) is 16.5 Å². The van der Waals surface area contributed by atoms with Gasteiger partial charge in [-0.1, -0.05) is 6.07 Å². The molecule has 2 N–H and O–H groups in total. The van der Waals surface area contributed by atoms with Gasteiger partial charge < -0.3 is 10.2 Å². The van der Waals surface area contributed by atoms with Crippen LogP contribution in [0, 0.1) is 6.57 Å². The first-order valence-corrected chi connectivity index (χ1v) is 6.41. The third kappa shape index (κ3) is 2.05. The van der Waals surface area contributed by atoms with Crippen LogP contribution in [-0.2, 0) is 7.05 Å². The number of nitrogens with zero attached hydrogens (tertiary/aromatic N) is 3. The van der Waals surface area contributed by atoms with E-state index in [4.69, 9.17) is 11.7 Å². The number of aryl methyl sites for hydroxylation is 1. The maximum atomic E-state index is 11.0. The summed E-state index contributed by atoms with van der Waals surface area (Å²) < 4.78 is 1.67. The fourth-order valence-corrected chi connectivity index (χ4v) is 2.42. The molecule has 0 atom stereocenters. The minimum atomic E-state index is -1.19. The van der Waals surface area contributed by atoms with Crippen LogP contribution in [0.3, 0.4) is 0 Å². The summed E-state index contributed by atoms with van der Waals surface area (Å²) in [6.07, 6.45) is 1.68. The first-order valence-electron chi connectivity index (χ1n) is 6.41. The number of rotatable bonds is 2. The van der Waals surface area contributed by atoms with Crippen LogP contribution in [-0.4, -0.2) is 26.0 Å². The van der Waals surface area contributed by atoms with Gasteiger partial charge in [-0.15, -0.1) is 0 Å². The molecule has 0 bridgehead atoms. The average Bonchev–Trinajstić information content (AvgIpc) is 2.87. The molecule has 3 aromatic rings. The van der Waals surface area contributed by atoms with E-state index in [0.29, 0.717) is 11.3 Å². The lowest BCUT2D eigenvalue weighted by Gasteiger charge is -2.07. The van der Waals surface area contributed by atoms with E-state index in [1.54, 1.807) is 36.1 Å². The molecule has 0 fully saturated rings. The van der Waals surface area contributed by atoms with Gasteiger partial charge in [0.15, 0.2) is 5.69 Å². The van der Waals surface area contributed by atoms with Crippen molar-refractivity contribution in [2.75, 3.05) is 0 Å². The first kappa shape index (κ1) is 13.6. The Morgan fingerprint density at radius 2 is 2.09 bits per heavy atom. The van der Waals surface area contributed by atoms with Gasteiger partial charge in [0, 0.05) is 12.4 Å². The number of phenols is 1. The summed E-state index contributed by atoms with van der Waals surface area (Å²) >= 11 is 0. The van der Waals surface area contributed by atoms with Gasteiger partial charge in [-0.2, -0.15) is 5.10 Å². The summed E-state index contributed by atoms with van der Waals surface area (Å²) in [7, 11) is 1.78. The average molecular weight is 293 g/mol. The predicted octanol–water partition coefficient (Wildman–Crippen LogP) is 3.19. The maximum Gasteiger partial charge on any atom is 0.339 e. The number of benzene rings is 2. The Kier molecular flexibility index (Phi) is 3.04. The number of aromatic hydroxyl groups is 1. The third-order valence-electron chi connectivity index (χ3n) is 3.52. The molecule has 3 rings (SSSR count). The van der Waals surface area contributed by atoms with Crippen molar-refractivity contribution in [1.82, 2.24) is 9.78 Å². The van der Waals surface area contributed by atoms with Gasteiger partial charge in [0.1, 0.15) is 11.3 Å². The molecule has 6 heteroatoms. The predicted molar refractivity (Wildman–Crippen MR) is 81.0 cm³/mol. The van der Waals surface area contributed by atoms with Gasteiger partial charge in [-0.3, -0.25) is 4.68 Å². The van der Waals surface area contributed by atoms with E-state index in [-0.39, 0.29) is 11.3 Å². The van der Waals surface area contributed by atoms with Gasteiger partial charge >= 0.3 is 5.97 Å². The number of aromatic nitrogens is 2. The van der Waals surface area contributed by atoms with Crippen molar-refractivity contribution >= 4 is 22.6 Å². The number of carboxylic acids is 1. The highest BCUT2D eigenvalue weighted by molar-refractivity contribution is 5.99. The van der Waals surface area contributed by atoms with Gasteiger partial charge in [0.2, 0.25) is 0 Å². The number of fused-ring (bicyclic) bond motifs is 1. The van der Waals surface area contributed by atoms with Crippen molar-refractivity contribution in [3.63, 3.8) is 0 Å². The maximum absolute atomic E-state index is 11.0. The van der Waals surface area contributed by atoms with Crippen molar-refractivity contribution in [2.24, 2.45) is 7.05 Å². The monoisotopic (exact) mass is 293 g/mol. The van der Waals surface area contributed by atoms with Crippen LogP contribution in [0.5, 0.6) is 5.75 Å². The normalized spacial score (nSPS) is 10.5. The van der Waals surface area contributed by atoms with E-state index >= 15 is 0 Å². The van der Waals surface area contributed by atoms with Gasteiger partial charge in [-0.25, -0.2) is 9.64 Å². The van der Waals surface area contributed by atoms with Crippen molar-refractivity contribution in [1.29, 1.82) is 0 Å². The molecule has 0 amide bonds. The van der Waals surface area contributed by atoms with Gasteiger partial charge in [0.25, 0.3) is 0 Å². The molecule has 0 aliphatic carbocycles. The van der Waals surface area contributed by atoms with Crippen LogP contribution in [0.1, 0.15) is 10.4 Å². The highest BCUT2D eigenvalue weighted by Crippen LogP contribution is 2.35. The Labute approximate surface area is 125 Å². The number of hydrogen-bond acceptors (Lipinski definition) is 3. The molecular formula is C16H11N3O3. The fraction of sp³-hybridized carbons (Fsp3) is 0.0625. The number of hydrogen-bond donors (Lipinski definition) is 2. The summed E-state index contributed by atoms with van der Waals surface area (Å²) in [6, 6.07) is 7.79. The zero-order chi connectivity index (χ0) is 15.9. The molecule has 0 saturated carbocycles. The first-order chi connectivity index (χ1) is 10.5. The molecule has 0 spiro atoms. The summed E-state index contributed by atoms with van der Waals surface area (Å²) in [6.45, 7) is 7.20. The Balaban J connectivity index is 2.28. The second-order valence-corrected chi connectivity index (χ2v) is 4.84. The lowest BCUT2D eigenvalue weighted by molar-refractivity contribution is 0.0694. The Bertz CT molecular complexity index is 951. The number of aromatic carboxylic acids is 1. The molecule has 6 nitrogen and oxygen atoms in total. The van der Waals surface area contributed by atoms with Crippen molar-refractivity contribution in [3.05, 3.63) is 53.5 Å². The molecule has 0 aliphatic rings. The van der Waals surface area contributed by atoms with Crippen LogP contribution in [0.4, 0.5) is 5.69 Å². The summed E-state index contributed by atoms with van der Waals surface area (Å²) in [5.41, 5.74) is 2.44. The molecule has 0 aliphatic heterocycles. The van der Waals surface area contributed by atoms with Crippen molar-refractivity contribution < 1.29 is 15.0 Å². The second-order valence-electron chi connectivity index (χ2n) is 4.84. The van der Waals surface area contributed by atoms with Gasteiger partial charge in [-0.05, 0) is 35.4 Å². The van der Waals surface area contributed by atoms with Crippen LogP contribution in [0.15, 0.2) is 36.5 Å². The van der Waals surface area contributed by atoms with Crippen LogP contribution < -0.4 is 0 Å². The van der Waals surface area contributed by atoms with Crippen LogP contribution in [0.2, 0.25) is 0 Å². The topological polar surface area (TPSA) is 79.7 Å². The molecule has 22 heavy (non-hydrogen) atoms. The van der Waals surface area contributed by atoms with Gasteiger partial charge in [0.05, 0.1) is 18.3 Å². The minimum Gasteiger partial charge on any atom is -0.507 e. The van der Waals surface area contributed by atoms with Crippen LogP contribution in [0.25, 0.3) is 26.9 Å². The quantitative estimate of drug-likeness (QED) is 0.711. The SMILES string of the molecule is [C-]#[N+]c1cc(-c2ccc(C(=O)O)c(O)c2)c2cnn(C)c2c1. The standard InChI is InChI=1S/C16H11N3O3/c1-17-10-6-12(13-8-18-19(2)14(13)7-10)9-3-4-11(16(21)22)15(20)5-9/h3-8,20H,2H3,(H,21,22). The number of carboxylic acid groups (broad SMARTS) is 1. The minimum absolute atomic E-state index is 0.160. The largest absolute Gasteiger partial charge is 0.507 e. The van der Waals surface area contributed by atoms with Crippen molar-refractivity contribution in [2.45, 2.75) is 0 Å². The van der Waals surface area contributed by atoms with Crippen LogP contribution >= 0.6 is 0 Å². The van der Waals surface area contributed by atoms with E-state index in [1.165, 1.54) is 12.1 Å². The second kappa shape index (κ2) is 4.90. The lowest BCUT2D eigenvalue weighted by atomic mass is 9.99. The summed E-state index contributed by atoms with van der Waals surface area (Å²) in [4.78, 5) is 14.4. The van der Waals surface area contributed by atoms with Crippen molar-refractivity contribution in [3.8, 4) is 16.9 Å². The smallest absolute Gasteiger partial charge is 0.339 e. The number of carbonyl (C=O) groups is 1. The molecule has 0 saturated heterocycles. The summed E-state index contributed by atoms with van der Waals surface area (Å²) in [5.74, 6) is -1.50. The van der Waals surface area contributed by atoms with E-state index in [2.05, 4.69) is 9.94 Å². The highest BCUT2D eigenvalue weighted by Gasteiger charge is 2.14. The lowest BCUT2D eigenvalue weighted by Crippen LogP contribution is -1.96.